The molecule has 0 radical (unpaired) electrons. The Morgan fingerprint density at radius 2 is 1.92 bits per heavy atom. The average Bonchev–Trinajstić information content (AvgIpc) is 2.62. The highest BCUT2D eigenvalue weighted by Gasteiger charge is 2.34. The van der Waals surface area contributed by atoms with Gasteiger partial charge in [-0.3, -0.25) is 9.69 Å². The fourth-order valence-electron chi connectivity index (χ4n) is 3.20. The van der Waals surface area contributed by atoms with Gasteiger partial charge in [0.15, 0.2) is 0 Å². The van der Waals surface area contributed by atoms with Gasteiger partial charge in [-0.1, -0.05) is 24.3 Å². The molecule has 3 rings (SSSR count). The number of aliphatic carboxylic acids is 1. The van der Waals surface area contributed by atoms with Gasteiger partial charge in [0.25, 0.3) is 0 Å². The normalized spacial score (nSPS) is 16.2. The van der Waals surface area contributed by atoms with Crippen molar-refractivity contribution < 1.29 is 19.8 Å². The first-order chi connectivity index (χ1) is 12.0. The summed E-state index contributed by atoms with van der Waals surface area (Å²) in [7, 11) is 0. The molecule has 0 spiro atoms. The van der Waals surface area contributed by atoms with Gasteiger partial charge in [-0.05, 0) is 42.3 Å². The highest BCUT2D eigenvalue weighted by atomic mass is 16.4. The molecule has 2 N–H and O–H groups in total. The molecule has 0 fully saturated rings. The van der Waals surface area contributed by atoms with Crippen molar-refractivity contribution in [1.82, 2.24) is 4.90 Å². The average molecular weight is 340 g/mol. The van der Waals surface area contributed by atoms with Crippen molar-refractivity contribution in [3.63, 3.8) is 0 Å². The molecule has 1 aliphatic heterocycles. The Kier molecular flexibility index (Phi) is 4.61. The standard InChI is InChI=1S/C19H20N2O4/c1-2-21(14-6-4-3-5-7-14)19(25)20-11-13-8-9-15(22)10-16(13)17(12-20)18(23)24/h3-10,17,22H,2,11-12H2,1H3,(H,23,24). The van der Waals surface area contributed by atoms with Gasteiger partial charge in [0.05, 0.1) is 5.92 Å². The van der Waals surface area contributed by atoms with E-state index in [4.69, 9.17) is 0 Å². The fraction of sp³-hybridized carbons (Fsp3) is 0.263. The number of urea groups is 1. The van der Waals surface area contributed by atoms with E-state index in [1.807, 2.05) is 37.3 Å². The highest BCUT2D eigenvalue weighted by molar-refractivity contribution is 5.93. The van der Waals surface area contributed by atoms with Crippen molar-refractivity contribution in [2.24, 2.45) is 0 Å². The van der Waals surface area contributed by atoms with Crippen LogP contribution in [-0.4, -0.2) is 40.2 Å². The highest BCUT2D eigenvalue weighted by Crippen LogP contribution is 2.32. The molecule has 2 aromatic rings. The number of benzene rings is 2. The van der Waals surface area contributed by atoms with Gasteiger partial charge in [0.2, 0.25) is 0 Å². The molecule has 1 atom stereocenters. The molecule has 25 heavy (non-hydrogen) atoms. The third-order valence-corrected chi connectivity index (χ3v) is 4.45. The van der Waals surface area contributed by atoms with Gasteiger partial charge in [0.1, 0.15) is 5.75 Å². The van der Waals surface area contributed by atoms with Crippen LogP contribution >= 0.6 is 0 Å². The molecular formula is C19H20N2O4. The summed E-state index contributed by atoms with van der Waals surface area (Å²) in [6, 6.07) is 13.8. The molecule has 130 valence electrons. The number of phenolic OH excluding ortho intramolecular Hbond substituents is 1. The van der Waals surface area contributed by atoms with Crippen LogP contribution < -0.4 is 4.90 Å². The third-order valence-electron chi connectivity index (χ3n) is 4.45. The first-order valence-corrected chi connectivity index (χ1v) is 8.17. The number of para-hydroxylation sites is 1. The number of hydrogen-bond acceptors (Lipinski definition) is 3. The molecule has 6 nitrogen and oxygen atoms in total. The van der Waals surface area contributed by atoms with Gasteiger partial charge in [-0.2, -0.15) is 0 Å². The minimum absolute atomic E-state index is 0.0317. The number of fused-ring (bicyclic) bond motifs is 1. The second-order valence-electron chi connectivity index (χ2n) is 6.02. The van der Waals surface area contributed by atoms with E-state index in [9.17, 15) is 19.8 Å². The second-order valence-corrected chi connectivity index (χ2v) is 6.02. The summed E-state index contributed by atoms with van der Waals surface area (Å²) in [5.41, 5.74) is 2.09. The molecule has 1 aliphatic rings. The summed E-state index contributed by atoms with van der Waals surface area (Å²) in [6.07, 6.45) is 0. The topological polar surface area (TPSA) is 81.1 Å². The molecule has 1 heterocycles. The Labute approximate surface area is 145 Å². The van der Waals surface area contributed by atoms with Crippen molar-refractivity contribution in [2.75, 3.05) is 18.0 Å². The minimum Gasteiger partial charge on any atom is -0.508 e. The lowest BCUT2D eigenvalue weighted by Gasteiger charge is -2.36. The minimum atomic E-state index is -1.01. The molecule has 0 saturated carbocycles. The Morgan fingerprint density at radius 3 is 2.56 bits per heavy atom. The van der Waals surface area contributed by atoms with Crippen LogP contribution in [0.1, 0.15) is 24.0 Å². The summed E-state index contributed by atoms with van der Waals surface area (Å²) in [5, 5.41) is 19.2. The summed E-state index contributed by atoms with van der Waals surface area (Å²) in [5.74, 6) is -1.83. The number of carbonyl (C=O) groups is 2. The van der Waals surface area contributed by atoms with E-state index in [1.165, 1.54) is 12.1 Å². The number of carboxylic acids is 1. The quantitative estimate of drug-likeness (QED) is 0.900. The zero-order valence-electron chi connectivity index (χ0n) is 13.9. The van der Waals surface area contributed by atoms with Crippen molar-refractivity contribution in [1.29, 1.82) is 0 Å². The number of anilines is 1. The SMILES string of the molecule is CCN(C(=O)N1Cc2ccc(O)cc2C(C(=O)O)C1)c1ccccc1. The summed E-state index contributed by atoms with van der Waals surface area (Å²) >= 11 is 0. The smallest absolute Gasteiger partial charge is 0.324 e. The fourth-order valence-corrected chi connectivity index (χ4v) is 3.20. The predicted octanol–water partition coefficient (Wildman–Crippen LogP) is 3.02. The number of aromatic hydroxyl groups is 1. The molecule has 6 heteroatoms. The first kappa shape index (κ1) is 16.8. The van der Waals surface area contributed by atoms with E-state index in [0.717, 1.165) is 11.3 Å². The number of nitrogens with zero attached hydrogens (tertiary/aromatic N) is 2. The number of hydrogen-bond donors (Lipinski definition) is 2. The van der Waals surface area contributed by atoms with Crippen LogP contribution in [0, 0.1) is 0 Å². The number of carboxylic acid groups (broad SMARTS) is 1. The van der Waals surface area contributed by atoms with Crippen molar-refractivity contribution in [2.45, 2.75) is 19.4 Å². The first-order valence-electron chi connectivity index (χ1n) is 8.17. The van der Waals surface area contributed by atoms with E-state index in [1.54, 1.807) is 15.9 Å². The van der Waals surface area contributed by atoms with Crippen LogP contribution in [-0.2, 0) is 11.3 Å². The van der Waals surface area contributed by atoms with Gasteiger partial charge in [-0.25, -0.2) is 4.79 Å². The van der Waals surface area contributed by atoms with Crippen molar-refractivity contribution in [3.05, 3.63) is 59.7 Å². The van der Waals surface area contributed by atoms with Crippen molar-refractivity contribution in [3.8, 4) is 5.75 Å². The van der Waals surface area contributed by atoms with E-state index in [-0.39, 0.29) is 18.3 Å². The monoisotopic (exact) mass is 340 g/mol. The van der Waals surface area contributed by atoms with Gasteiger partial charge >= 0.3 is 12.0 Å². The predicted molar refractivity (Wildman–Crippen MR) is 93.8 cm³/mol. The Balaban J connectivity index is 1.91. The largest absolute Gasteiger partial charge is 0.508 e. The van der Waals surface area contributed by atoms with Crippen LogP contribution in [0.15, 0.2) is 48.5 Å². The van der Waals surface area contributed by atoms with Crippen LogP contribution in [0.5, 0.6) is 5.75 Å². The molecule has 0 aromatic heterocycles. The third kappa shape index (κ3) is 3.28. The Morgan fingerprint density at radius 1 is 1.20 bits per heavy atom. The van der Waals surface area contributed by atoms with E-state index >= 15 is 0 Å². The van der Waals surface area contributed by atoms with Gasteiger partial charge in [0, 0.05) is 25.3 Å². The van der Waals surface area contributed by atoms with E-state index < -0.39 is 11.9 Å². The molecule has 1 unspecified atom stereocenters. The second kappa shape index (κ2) is 6.84. The van der Waals surface area contributed by atoms with Gasteiger partial charge < -0.3 is 15.1 Å². The Hall–Kier alpha value is -3.02. The number of amides is 2. The molecule has 0 bridgehead atoms. The van der Waals surface area contributed by atoms with Crippen LogP contribution in [0.2, 0.25) is 0 Å². The lowest BCUT2D eigenvalue weighted by Crippen LogP contribution is -2.47. The summed E-state index contributed by atoms with van der Waals surface area (Å²) < 4.78 is 0. The van der Waals surface area contributed by atoms with E-state index in [0.29, 0.717) is 18.7 Å². The lowest BCUT2D eigenvalue weighted by molar-refractivity contribution is -0.139. The number of carbonyl (C=O) groups excluding carboxylic acids is 1. The molecule has 2 amide bonds. The number of phenols is 1. The molecule has 0 saturated heterocycles. The maximum absolute atomic E-state index is 13.0. The van der Waals surface area contributed by atoms with Crippen LogP contribution in [0.3, 0.4) is 0 Å². The number of rotatable bonds is 3. The summed E-state index contributed by atoms with van der Waals surface area (Å²) in [4.78, 5) is 27.8. The lowest BCUT2D eigenvalue weighted by atomic mass is 9.89. The molecule has 0 aliphatic carbocycles. The molecular weight excluding hydrogens is 320 g/mol. The van der Waals surface area contributed by atoms with Crippen LogP contribution in [0.25, 0.3) is 0 Å². The summed E-state index contributed by atoms with van der Waals surface area (Å²) in [6.45, 7) is 2.77. The Bertz CT molecular complexity index is 791. The van der Waals surface area contributed by atoms with E-state index in [2.05, 4.69) is 0 Å². The van der Waals surface area contributed by atoms with Crippen molar-refractivity contribution >= 4 is 17.7 Å². The van der Waals surface area contributed by atoms with Crippen LogP contribution in [0.4, 0.5) is 10.5 Å². The zero-order valence-corrected chi connectivity index (χ0v) is 13.9. The molecule has 2 aromatic carbocycles. The maximum Gasteiger partial charge on any atom is 0.324 e. The van der Waals surface area contributed by atoms with Gasteiger partial charge in [-0.15, -0.1) is 0 Å². The zero-order chi connectivity index (χ0) is 18.0. The maximum atomic E-state index is 13.0.